The van der Waals surface area contributed by atoms with Crippen molar-refractivity contribution < 1.29 is 18.0 Å². The molecule has 2 aromatic carbocycles. The molecule has 2 saturated heterocycles. The number of amides is 2. The van der Waals surface area contributed by atoms with Crippen molar-refractivity contribution in [2.75, 3.05) is 35.2 Å². The fourth-order valence-electron chi connectivity index (χ4n) is 4.22. The summed E-state index contributed by atoms with van der Waals surface area (Å²) in [4.78, 5) is 26.7. The fourth-order valence-corrected chi connectivity index (χ4v) is 5.73. The topological polar surface area (TPSA) is 98.8 Å². The van der Waals surface area contributed by atoms with Crippen LogP contribution in [0.5, 0.6) is 0 Å². The number of sulfonamides is 1. The molecule has 2 aliphatic rings. The summed E-state index contributed by atoms with van der Waals surface area (Å²) in [6.07, 6.45) is 4.25. The van der Waals surface area contributed by atoms with Crippen molar-refractivity contribution in [3.8, 4) is 0 Å². The van der Waals surface area contributed by atoms with E-state index < -0.39 is 16.1 Å². The van der Waals surface area contributed by atoms with Gasteiger partial charge in [0.1, 0.15) is 6.04 Å². The predicted octanol–water partition coefficient (Wildman–Crippen LogP) is 3.43. The number of nitrogens with one attached hydrogen (secondary N) is 2. The van der Waals surface area contributed by atoms with Gasteiger partial charge in [0, 0.05) is 43.1 Å². The lowest BCUT2D eigenvalue weighted by molar-refractivity contribution is -0.117. The molecule has 2 aromatic rings. The Morgan fingerprint density at radius 3 is 2.33 bits per heavy atom. The largest absolute Gasteiger partial charge is 0.374 e. The van der Waals surface area contributed by atoms with Crippen LogP contribution in [0, 0.1) is 0 Å². The van der Waals surface area contributed by atoms with Crippen LogP contribution in [0.2, 0.25) is 0 Å². The van der Waals surface area contributed by atoms with Crippen molar-refractivity contribution in [1.82, 2.24) is 4.31 Å². The van der Waals surface area contributed by atoms with Gasteiger partial charge in [-0.3, -0.25) is 9.59 Å². The van der Waals surface area contributed by atoms with Gasteiger partial charge in [0.25, 0.3) is 0 Å². The Balaban J connectivity index is 1.37. The van der Waals surface area contributed by atoms with Gasteiger partial charge in [-0.2, -0.15) is 4.31 Å². The standard InChI is InChI=1S/C24H30N4O4S/c1-18(25-20-7-5-8-21(17-20)28-16-6-9-23(28)29)24(30)26-19-10-12-22(13-11-19)33(31,32)27-14-3-2-4-15-27/h5,7-8,10-13,17-18,25H,2-4,6,9,14-16H2,1H3,(H,26,30). The van der Waals surface area contributed by atoms with E-state index in [1.54, 1.807) is 24.0 Å². The molecule has 2 N–H and O–H groups in total. The lowest BCUT2D eigenvalue weighted by atomic mass is 10.2. The Morgan fingerprint density at radius 2 is 1.67 bits per heavy atom. The molecule has 0 radical (unpaired) electrons. The molecule has 0 saturated carbocycles. The smallest absolute Gasteiger partial charge is 0.246 e. The van der Waals surface area contributed by atoms with Gasteiger partial charge in [-0.25, -0.2) is 8.42 Å². The van der Waals surface area contributed by atoms with Crippen LogP contribution in [0.15, 0.2) is 53.4 Å². The lowest BCUT2D eigenvalue weighted by Crippen LogP contribution is -2.35. The monoisotopic (exact) mass is 470 g/mol. The van der Waals surface area contributed by atoms with Crippen LogP contribution in [-0.4, -0.2) is 50.2 Å². The molecule has 9 heteroatoms. The average Bonchev–Trinajstić information content (AvgIpc) is 3.26. The second-order valence-electron chi connectivity index (χ2n) is 8.54. The van der Waals surface area contributed by atoms with Crippen molar-refractivity contribution in [2.24, 2.45) is 0 Å². The third-order valence-corrected chi connectivity index (χ3v) is 8.00. The summed E-state index contributed by atoms with van der Waals surface area (Å²) >= 11 is 0. The van der Waals surface area contributed by atoms with Gasteiger partial charge < -0.3 is 15.5 Å². The van der Waals surface area contributed by atoms with Crippen LogP contribution in [0.4, 0.5) is 17.1 Å². The summed E-state index contributed by atoms with van der Waals surface area (Å²) < 4.78 is 27.1. The van der Waals surface area contributed by atoms with Gasteiger partial charge in [-0.05, 0) is 68.7 Å². The minimum Gasteiger partial charge on any atom is -0.374 e. The first-order valence-corrected chi connectivity index (χ1v) is 12.9. The summed E-state index contributed by atoms with van der Waals surface area (Å²) in [5.74, 6) is -0.132. The molecule has 8 nitrogen and oxygen atoms in total. The summed E-state index contributed by atoms with van der Waals surface area (Å²) in [6.45, 7) is 3.56. The van der Waals surface area contributed by atoms with Crippen LogP contribution < -0.4 is 15.5 Å². The third-order valence-electron chi connectivity index (χ3n) is 6.08. The van der Waals surface area contributed by atoms with Crippen molar-refractivity contribution >= 4 is 38.9 Å². The first kappa shape index (κ1) is 23.3. The highest BCUT2D eigenvalue weighted by Gasteiger charge is 2.26. The zero-order valence-electron chi connectivity index (χ0n) is 18.8. The number of anilines is 3. The number of rotatable bonds is 7. The zero-order valence-corrected chi connectivity index (χ0v) is 19.6. The maximum atomic E-state index is 12.8. The first-order valence-electron chi connectivity index (χ1n) is 11.4. The van der Waals surface area contributed by atoms with E-state index in [9.17, 15) is 18.0 Å². The maximum absolute atomic E-state index is 12.8. The van der Waals surface area contributed by atoms with E-state index in [4.69, 9.17) is 0 Å². The van der Waals surface area contributed by atoms with E-state index in [2.05, 4.69) is 10.6 Å². The molecule has 0 aliphatic carbocycles. The Bertz CT molecular complexity index is 1110. The summed E-state index contributed by atoms with van der Waals surface area (Å²) in [6, 6.07) is 13.2. The molecule has 2 amide bonds. The van der Waals surface area contributed by atoms with Crippen molar-refractivity contribution in [2.45, 2.75) is 50.0 Å². The molecule has 4 rings (SSSR count). The van der Waals surface area contributed by atoms with Crippen LogP contribution in [0.3, 0.4) is 0 Å². The minimum absolute atomic E-state index is 0.115. The normalized spacial score (nSPS) is 18.2. The van der Waals surface area contributed by atoms with Gasteiger partial charge in [0.05, 0.1) is 4.90 Å². The highest BCUT2D eigenvalue weighted by Crippen LogP contribution is 2.25. The maximum Gasteiger partial charge on any atom is 0.246 e. The quantitative estimate of drug-likeness (QED) is 0.646. The van der Waals surface area contributed by atoms with Gasteiger partial charge in [-0.1, -0.05) is 12.5 Å². The molecule has 1 atom stereocenters. The van der Waals surface area contributed by atoms with Crippen molar-refractivity contribution in [1.29, 1.82) is 0 Å². The van der Waals surface area contributed by atoms with Crippen LogP contribution in [0.1, 0.15) is 39.0 Å². The van der Waals surface area contributed by atoms with Gasteiger partial charge in [0.2, 0.25) is 21.8 Å². The van der Waals surface area contributed by atoms with E-state index in [0.717, 1.165) is 37.1 Å². The second-order valence-corrected chi connectivity index (χ2v) is 10.5. The minimum atomic E-state index is -3.50. The van der Waals surface area contributed by atoms with Crippen molar-refractivity contribution in [3.63, 3.8) is 0 Å². The van der Waals surface area contributed by atoms with Gasteiger partial charge in [0.15, 0.2) is 0 Å². The molecule has 0 aromatic heterocycles. The second kappa shape index (κ2) is 9.93. The average molecular weight is 471 g/mol. The lowest BCUT2D eigenvalue weighted by Gasteiger charge is -2.25. The summed E-state index contributed by atoms with van der Waals surface area (Å²) in [5, 5.41) is 5.99. The van der Waals surface area contributed by atoms with Gasteiger partial charge >= 0.3 is 0 Å². The van der Waals surface area contributed by atoms with E-state index in [0.29, 0.717) is 31.7 Å². The van der Waals surface area contributed by atoms with E-state index >= 15 is 0 Å². The SMILES string of the molecule is CC(Nc1cccc(N2CCCC2=O)c1)C(=O)Nc1ccc(S(=O)(=O)N2CCCCC2)cc1. The molecular formula is C24H30N4O4S. The Hall–Kier alpha value is -2.91. The molecule has 0 spiro atoms. The van der Waals surface area contributed by atoms with Crippen LogP contribution in [-0.2, 0) is 19.6 Å². The summed E-state index contributed by atoms with van der Waals surface area (Å²) in [5.41, 5.74) is 2.10. The fraction of sp³-hybridized carbons (Fsp3) is 0.417. The molecule has 33 heavy (non-hydrogen) atoms. The molecule has 2 aliphatic heterocycles. The number of hydrogen-bond donors (Lipinski definition) is 2. The van der Waals surface area contributed by atoms with Crippen LogP contribution >= 0.6 is 0 Å². The first-order chi connectivity index (χ1) is 15.8. The van der Waals surface area contributed by atoms with E-state index in [1.807, 2.05) is 24.3 Å². The number of carbonyl (C=O) groups is 2. The highest BCUT2D eigenvalue weighted by molar-refractivity contribution is 7.89. The zero-order chi connectivity index (χ0) is 23.4. The van der Waals surface area contributed by atoms with Gasteiger partial charge in [-0.15, -0.1) is 0 Å². The van der Waals surface area contributed by atoms with Crippen molar-refractivity contribution in [3.05, 3.63) is 48.5 Å². The Morgan fingerprint density at radius 1 is 0.939 bits per heavy atom. The number of hydrogen-bond acceptors (Lipinski definition) is 5. The number of benzene rings is 2. The predicted molar refractivity (Wildman–Crippen MR) is 129 cm³/mol. The van der Waals surface area contributed by atoms with E-state index in [-0.39, 0.29) is 16.7 Å². The van der Waals surface area contributed by atoms with Crippen LogP contribution in [0.25, 0.3) is 0 Å². The molecule has 2 heterocycles. The Labute approximate surface area is 195 Å². The third kappa shape index (κ3) is 5.36. The molecule has 1 unspecified atom stereocenters. The molecule has 176 valence electrons. The van der Waals surface area contributed by atoms with E-state index in [1.165, 1.54) is 16.4 Å². The number of nitrogens with zero attached hydrogens (tertiary/aromatic N) is 2. The highest BCUT2D eigenvalue weighted by atomic mass is 32.2. The number of piperidine rings is 1. The molecular weight excluding hydrogens is 440 g/mol. The molecule has 2 fully saturated rings. The molecule has 0 bridgehead atoms. The Kier molecular flexibility index (Phi) is 6.99. The number of carbonyl (C=O) groups excluding carboxylic acids is 2. The summed E-state index contributed by atoms with van der Waals surface area (Å²) in [7, 11) is -3.50.